The van der Waals surface area contributed by atoms with Gasteiger partial charge in [-0.1, -0.05) is 23.7 Å². The molecule has 1 fully saturated rings. The zero-order chi connectivity index (χ0) is 24.7. The third-order valence-electron chi connectivity index (χ3n) is 5.31. The second-order valence-electron chi connectivity index (χ2n) is 7.86. The summed E-state index contributed by atoms with van der Waals surface area (Å²) >= 11 is 5.89. The second kappa shape index (κ2) is 8.78. The predicted molar refractivity (Wildman–Crippen MR) is 129 cm³/mol. The lowest BCUT2D eigenvalue weighted by Gasteiger charge is -2.13. The number of benzene rings is 1. The fourth-order valence-electron chi connectivity index (χ4n) is 3.45. The average Bonchev–Trinajstić information content (AvgIpc) is 3.64. The Morgan fingerprint density at radius 1 is 1.17 bits per heavy atom. The molecular formula is C22H18ClFN6O4S. The van der Waals surface area contributed by atoms with Gasteiger partial charge in [-0.15, -0.1) is 0 Å². The molecule has 3 aromatic heterocycles. The predicted octanol–water partition coefficient (Wildman–Crippen LogP) is 3.56. The number of aromatic nitrogens is 4. The molecule has 0 atom stereocenters. The minimum Gasteiger partial charge on any atom is -0.480 e. The van der Waals surface area contributed by atoms with Gasteiger partial charge in [0, 0.05) is 29.4 Å². The van der Waals surface area contributed by atoms with E-state index in [1.807, 2.05) is 0 Å². The molecule has 0 spiro atoms. The molecule has 0 unspecified atom stereocenters. The molecule has 0 aliphatic heterocycles. The number of nitrogens with one attached hydrogen (secondary N) is 3. The Hall–Kier alpha value is -3.77. The normalized spacial score (nSPS) is 13.6. The number of pyridine rings is 2. The van der Waals surface area contributed by atoms with Gasteiger partial charge in [0.05, 0.1) is 23.4 Å². The summed E-state index contributed by atoms with van der Waals surface area (Å²) in [6, 6.07) is 6.95. The summed E-state index contributed by atoms with van der Waals surface area (Å²) in [5, 5.41) is 3.69. The molecule has 3 N–H and O–H groups in total. The number of hydrogen-bond donors (Lipinski definition) is 3. The Morgan fingerprint density at radius 2 is 1.97 bits per heavy atom. The zero-order valence-electron chi connectivity index (χ0n) is 18.2. The van der Waals surface area contributed by atoms with Gasteiger partial charge in [0.2, 0.25) is 11.8 Å². The van der Waals surface area contributed by atoms with Crippen molar-refractivity contribution in [2.45, 2.75) is 23.8 Å². The quantitative estimate of drug-likeness (QED) is 0.339. The van der Waals surface area contributed by atoms with Gasteiger partial charge in [-0.3, -0.25) is 9.52 Å². The number of rotatable bonds is 7. The largest absolute Gasteiger partial charge is 0.480 e. The van der Waals surface area contributed by atoms with Crippen LogP contribution in [0.25, 0.3) is 22.2 Å². The molecule has 13 heteroatoms. The minimum absolute atomic E-state index is 0.00967. The van der Waals surface area contributed by atoms with Crippen molar-refractivity contribution in [3.63, 3.8) is 0 Å². The van der Waals surface area contributed by atoms with E-state index in [2.05, 4.69) is 30.0 Å². The minimum atomic E-state index is -4.33. The van der Waals surface area contributed by atoms with Crippen LogP contribution in [0.2, 0.25) is 5.02 Å². The van der Waals surface area contributed by atoms with E-state index < -0.39 is 21.4 Å². The van der Waals surface area contributed by atoms with Crippen LogP contribution in [0.15, 0.2) is 52.4 Å². The number of methoxy groups -OCH3 is 1. The standard InChI is InChI=1S/C22H18ClFN6O4S/c1-34-21-17(8-12(23)10-25-21)35(32,33)30-16-4-2-3-14(18(16)24)15-7-11-9-26-22(27-13-5-6-13)29-19(11)28-20(15)31/h2-4,7-10,13,30H,5-6H2,1H3,(H2,26,27,28,29,31). The van der Waals surface area contributed by atoms with Crippen molar-refractivity contribution in [3.05, 3.63) is 63.9 Å². The average molecular weight is 517 g/mol. The highest BCUT2D eigenvalue weighted by atomic mass is 35.5. The molecule has 35 heavy (non-hydrogen) atoms. The van der Waals surface area contributed by atoms with Crippen LogP contribution in [-0.4, -0.2) is 41.5 Å². The molecule has 4 aromatic rings. The fraction of sp³-hybridized carbons (Fsp3) is 0.182. The SMILES string of the molecule is COc1ncc(Cl)cc1S(=O)(=O)Nc1cccc(-c2cc3cnc(NC4CC4)nc3[nH]c2=O)c1F. The molecule has 3 heterocycles. The zero-order valence-corrected chi connectivity index (χ0v) is 19.7. The van der Waals surface area contributed by atoms with E-state index in [1.165, 1.54) is 43.8 Å². The summed E-state index contributed by atoms with van der Waals surface area (Å²) in [5.41, 5.74) is -0.776. The molecule has 1 aliphatic carbocycles. The Balaban J connectivity index is 1.52. The van der Waals surface area contributed by atoms with E-state index in [0.29, 0.717) is 23.0 Å². The lowest BCUT2D eigenvalue weighted by Crippen LogP contribution is -2.16. The number of ether oxygens (including phenoxy) is 1. The fourth-order valence-corrected chi connectivity index (χ4v) is 4.87. The number of nitrogens with zero attached hydrogens (tertiary/aromatic N) is 3. The summed E-state index contributed by atoms with van der Waals surface area (Å²) in [5.74, 6) is -0.750. The Bertz CT molecular complexity index is 1620. The molecule has 5 rings (SSSR count). The van der Waals surface area contributed by atoms with Crippen LogP contribution in [0.1, 0.15) is 12.8 Å². The van der Waals surface area contributed by atoms with Crippen LogP contribution in [0, 0.1) is 5.82 Å². The summed E-state index contributed by atoms with van der Waals surface area (Å²) < 4.78 is 48.5. The van der Waals surface area contributed by atoms with E-state index in [1.54, 1.807) is 0 Å². The maximum atomic E-state index is 15.5. The third kappa shape index (κ3) is 4.62. The molecule has 180 valence electrons. The topological polar surface area (TPSA) is 139 Å². The van der Waals surface area contributed by atoms with E-state index >= 15 is 4.39 Å². The lowest BCUT2D eigenvalue weighted by molar-refractivity contribution is 0.385. The van der Waals surface area contributed by atoms with Gasteiger partial charge < -0.3 is 15.0 Å². The van der Waals surface area contributed by atoms with Crippen LogP contribution in [0.5, 0.6) is 5.88 Å². The lowest BCUT2D eigenvalue weighted by atomic mass is 10.0. The van der Waals surface area contributed by atoms with Crippen molar-refractivity contribution in [2.75, 3.05) is 17.1 Å². The Morgan fingerprint density at radius 3 is 2.71 bits per heavy atom. The smallest absolute Gasteiger partial charge is 0.267 e. The molecule has 10 nitrogen and oxygen atoms in total. The number of fused-ring (bicyclic) bond motifs is 1. The van der Waals surface area contributed by atoms with Gasteiger partial charge in [-0.05, 0) is 31.0 Å². The van der Waals surface area contributed by atoms with Crippen LogP contribution in [0.3, 0.4) is 0 Å². The Labute approximate surface area is 203 Å². The number of H-pyrrole nitrogens is 1. The van der Waals surface area contributed by atoms with Crippen molar-refractivity contribution in [3.8, 4) is 17.0 Å². The molecule has 0 radical (unpaired) electrons. The van der Waals surface area contributed by atoms with Gasteiger partial charge in [0.1, 0.15) is 5.65 Å². The maximum Gasteiger partial charge on any atom is 0.267 e. The molecule has 1 aliphatic rings. The highest BCUT2D eigenvalue weighted by Crippen LogP contribution is 2.31. The van der Waals surface area contributed by atoms with Crippen molar-refractivity contribution < 1.29 is 17.5 Å². The second-order valence-corrected chi connectivity index (χ2v) is 9.95. The van der Waals surface area contributed by atoms with Crippen LogP contribution >= 0.6 is 11.6 Å². The number of sulfonamides is 1. The molecular weight excluding hydrogens is 499 g/mol. The first-order valence-electron chi connectivity index (χ1n) is 10.4. The molecule has 0 saturated heterocycles. The van der Waals surface area contributed by atoms with E-state index in [0.717, 1.165) is 18.9 Å². The van der Waals surface area contributed by atoms with Crippen LogP contribution in [0.4, 0.5) is 16.0 Å². The summed E-state index contributed by atoms with van der Waals surface area (Å²) in [6.45, 7) is 0. The molecule has 1 aromatic carbocycles. The van der Waals surface area contributed by atoms with E-state index in [-0.39, 0.29) is 32.6 Å². The van der Waals surface area contributed by atoms with E-state index in [4.69, 9.17) is 16.3 Å². The molecule has 0 amide bonds. The summed E-state index contributed by atoms with van der Waals surface area (Å²) in [7, 11) is -3.08. The molecule has 1 saturated carbocycles. The van der Waals surface area contributed by atoms with Gasteiger partial charge >= 0.3 is 0 Å². The number of aromatic amines is 1. The Kier molecular flexibility index (Phi) is 5.77. The summed E-state index contributed by atoms with van der Waals surface area (Å²) in [6.07, 6.45) is 4.82. The van der Waals surface area contributed by atoms with Crippen molar-refractivity contribution >= 4 is 44.3 Å². The maximum absolute atomic E-state index is 15.5. The van der Waals surface area contributed by atoms with Crippen molar-refractivity contribution in [1.82, 2.24) is 19.9 Å². The first-order chi connectivity index (χ1) is 16.7. The monoisotopic (exact) mass is 516 g/mol. The first-order valence-corrected chi connectivity index (χ1v) is 12.3. The highest BCUT2D eigenvalue weighted by molar-refractivity contribution is 7.92. The summed E-state index contributed by atoms with van der Waals surface area (Å²) in [4.78, 5) is 27.4. The van der Waals surface area contributed by atoms with Crippen LogP contribution in [-0.2, 0) is 10.0 Å². The van der Waals surface area contributed by atoms with Crippen molar-refractivity contribution in [2.24, 2.45) is 0 Å². The first kappa shape index (κ1) is 23.0. The number of halogens is 2. The van der Waals surface area contributed by atoms with Crippen LogP contribution < -0.4 is 20.3 Å². The third-order valence-corrected chi connectivity index (χ3v) is 6.87. The van der Waals surface area contributed by atoms with Crippen molar-refractivity contribution in [1.29, 1.82) is 0 Å². The van der Waals surface area contributed by atoms with Gasteiger partial charge in [0.15, 0.2) is 10.7 Å². The van der Waals surface area contributed by atoms with Gasteiger partial charge in [0.25, 0.3) is 15.6 Å². The van der Waals surface area contributed by atoms with Gasteiger partial charge in [-0.2, -0.15) is 4.98 Å². The highest BCUT2D eigenvalue weighted by Gasteiger charge is 2.25. The number of hydrogen-bond acceptors (Lipinski definition) is 8. The van der Waals surface area contributed by atoms with Gasteiger partial charge in [-0.25, -0.2) is 22.8 Å². The van der Waals surface area contributed by atoms with E-state index in [9.17, 15) is 13.2 Å². The molecule has 0 bridgehead atoms. The number of anilines is 2.